The number of aromatic nitrogens is 3. The monoisotopic (exact) mass is 436 g/mol. The molecule has 1 fully saturated rings. The summed E-state index contributed by atoms with van der Waals surface area (Å²) in [6, 6.07) is 11.7. The molecule has 166 valence electrons. The van der Waals surface area contributed by atoms with Crippen molar-refractivity contribution >= 4 is 12.0 Å². The highest BCUT2D eigenvalue weighted by Crippen LogP contribution is 2.29. The normalized spacial score (nSPS) is 16.8. The molecule has 32 heavy (non-hydrogen) atoms. The van der Waals surface area contributed by atoms with Gasteiger partial charge in [0, 0.05) is 6.54 Å². The van der Waals surface area contributed by atoms with Gasteiger partial charge in [0.25, 0.3) is 5.91 Å². The Morgan fingerprint density at radius 2 is 1.97 bits per heavy atom. The molecule has 0 spiro atoms. The maximum Gasteiger partial charge on any atom is 0.289 e. The summed E-state index contributed by atoms with van der Waals surface area (Å²) in [5.74, 6) is 0.970. The Morgan fingerprint density at radius 1 is 1.22 bits per heavy atom. The van der Waals surface area contributed by atoms with E-state index in [1.807, 2.05) is 39.0 Å². The number of halogens is 1. The van der Waals surface area contributed by atoms with Crippen LogP contribution in [0.5, 0.6) is 5.75 Å². The minimum Gasteiger partial charge on any atom is -0.494 e. The maximum absolute atomic E-state index is 13.2. The van der Waals surface area contributed by atoms with Gasteiger partial charge in [0.05, 0.1) is 13.7 Å². The molecule has 0 saturated carbocycles. The van der Waals surface area contributed by atoms with E-state index in [1.54, 1.807) is 41.2 Å². The van der Waals surface area contributed by atoms with E-state index >= 15 is 0 Å². The third-order valence-electron chi connectivity index (χ3n) is 5.10. The number of carbonyl (C=O) groups excluding carboxylic acids is 1. The molecule has 1 saturated heterocycles. The van der Waals surface area contributed by atoms with Gasteiger partial charge in [-0.2, -0.15) is 5.10 Å². The fraction of sp³-hybridized carbons (Fsp3) is 0.292. The van der Waals surface area contributed by atoms with Crippen LogP contribution in [-0.4, -0.2) is 44.8 Å². The van der Waals surface area contributed by atoms with E-state index in [4.69, 9.17) is 9.47 Å². The topological polar surface area (TPSA) is 69.5 Å². The first-order valence-electron chi connectivity index (χ1n) is 10.3. The number of methoxy groups -OCH3 is 1. The zero-order chi connectivity index (χ0) is 22.9. The summed E-state index contributed by atoms with van der Waals surface area (Å²) >= 11 is 0. The minimum absolute atomic E-state index is 0.219. The van der Waals surface area contributed by atoms with E-state index in [2.05, 4.69) is 10.1 Å². The first-order valence-corrected chi connectivity index (χ1v) is 10.3. The Balaban J connectivity index is 1.62. The number of benzene rings is 2. The number of rotatable bonds is 5. The van der Waals surface area contributed by atoms with Crippen LogP contribution < -0.4 is 4.74 Å². The standard InChI is InChI=1S/C24H25FN4O3/c1-16-26-15-29(27-16)20-10-7-18(11-21(20)31-4)12-22-23(30)28(14-24(2,3)32-22)13-17-5-8-19(25)9-6-17/h5-12,15H,13-14H2,1-4H3. The molecular formula is C24H25FN4O3. The van der Waals surface area contributed by atoms with Crippen molar-refractivity contribution in [2.75, 3.05) is 13.7 Å². The van der Waals surface area contributed by atoms with Gasteiger partial charge in [-0.3, -0.25) is 4.79 Å². The lowest BCUT2D eigenvalue weighted by Crippen LogP contribution is -2.49. The molecule has 8 heteroatoms. The SMILES string of the molecule is COc1cc(C=C2OC(C)(C)CN(Cc3ccc(F)cc3)C2=O)ccc1-n1cnc(C)n1. The van der Waals surface area contributed by atoms with Gasteiger partial charge >= 0.3 is 0 Å². The predicted molar refractivity (Wildman–Crippen MR) is 118 cm³/mol. The van der Waals surface area contributed by atoms with Crippen molar-refractivity contribution in [3.05, 3.63) is 77.3 Å². The molecule has 0 radical (unpaired) electrons. The van der Waals surface area contributed by atoms with Crippen molar-refractivity contribution in [1.82, 2.24) is 19.7 Å². The van der Waals surface area contributed by atoms with Gasteiger partial charge in [-0.05, 0) is 62.2 Å². The molecular weight excluding hydrogens is 411 g/mol. The van der Waals surface area contributed by atoms with Gasteiger partial charge in [0.1, 0.15) is 35.0 Å². The quantitative estimate of drug-likeness (QED) is 0.568. The van der Waals surface area contributed by atoms with E-state index in [0.29, 0.717) is 24.7 Å². The van der Waals surface area contributed by atoms with Crippen LogP contribution >= 0.6 is 0 Å². The summed E-state index contributed by atoms with van der Waals surface area (Å²) in [6.45, 7) is 6.47. The molecule has 1 amide bonds. The molecule has 0 N–H and O–H groups in total. The van der Waals surface area contributed by atoms with Crippen molar-refractivity contribution in [2.24, 2.45) is 0 Å². The molecule has 0 bridgehead atoms. The van der Waals surface area contributed by atoms with Crippen LogP contribution in [0.2, 0.25) is 0 Å². The van der Waals surface area contributed by atoms with Gasteiger partial charge in [-0.25, -0.2) is 14.1 Å². The molecule has 1 aliphatic rings. The van der Waals surface area contributed by atoms with Crippen molar-refractivity contribution < 1.29 is 18.7 Å². The van der Waals surface area contributed by atoms with E-state index in [9.17, 15) is 9.18 Å². The highest BCUT2D eigenvalue weighted by atomic mass is 19.1. The highest BCUT2D eigenvalue weighted by Gasteiger charge is 2.36. The number of morpholine rings is 1. The molecule has 0 aliphatic carbocycles. The van der Waals surface area contributed by atoms with Gasteiger partial charge in [-0.1, -0.05) is 18.2 Å². The minimum atomic E-state index is -0.567. The second-order valence-corrected chi connectivity index (χ2v) is 8.33. The van der Waals surface area contributed by atoms with Crippen LogP contribution in [0.1, 0.15) is 30.8 Å². The van der Waals surface area contributed by atoms with Gasteiger partial charge < -0.3 is 14.4 Å². The summed E-state index contributed by atoms with van der Waals surface area (Å²) in [7, 11) is 1.58. The van der Waals surface area contributed by atoms with Gasteiger partial charge in [0.2, 0.25) is 0 Å². The molecule has 2 aromatic carbocycles. The highest BCUT2D eigenvalue weighted by molar-refractivity contribution is 5.96. The second kappa shape index (κ2) is 8.45. The lowest BCUT2D eigenvalue weighted by molar-refractivity contribution is -0.146. The van der Waals surface area contributed by atoms with E-state index in [0.717, 1.165) is 16.8 Å². The van der Waals surface area contributed by atoms with Crippen molar-refractivity contribution in [1.29, 1.82) is 0 Å². The third-order valence-corrected chi connectivity index (χ3v) is 5.10. The summed E-state index contributed by atoms with van der Waals surface area (Å²) in [5.41, 5.74) is 1.78. The number of hydrogen-bond donors (Lipinski definition) is 0. The fourth-order valence-corrected chi connectivity index (χ4v) is 3.68. The summed E-state index contributed by atoms with van der Waals surface area (Å²) < 4.78 is 26.4. The maximum atomic E-state index is 13.2. The molecule has 2 heterocycles. The summed E-state index contributed by atoms with van der Waals surface area (Å²) in [4.78, 5) is 19.0. The lowest BCUT2D eigenvalue weighted by Gasteiger charge is -2.39. The van der Waals surface area contributed by atoms with Crippen molar-refractivity contribution in [2.45, 2.75) is 32.9 Å². The van der Waals surface area contributed by atoms with Crippen LogP contribution in [0.25, 0.3) is 11.8 Å². The fourth-order valence-electron chi connectivity index (χ4n) is 3.68. The summed E-state index contributed by atoms with van der Waals surface area (Å²) in [6.07, 6.45) is 3.33. The molecule has 0 unspecified atom stereocenters. The van der Waals surface area contributed by atoms with Crippen LogP contribution in [-0.2, 0) is 16.1 Å². The van der Waals surface area contributed by atoms with Gasteiger partial charge in [0.15, 0.2) is 5.76 Å². The molecule has 3 aromatic rings. The van der Waals surface area contributed by atoms with Crippen LogP contribution in [0.4, 0.5) is 4.39 Å². The number of amides is 1. The van der Waals surface area contributed by atoms with Crippen LogP contribution in [0.15, 0.2) is 54.6 Å². The van der Waals surface area contributed by atoms with E-state index in [1.165, 1.54) is 12.1 Å². The van der Waals surface area contributed by atoms with Crippen molar-refractivity contribution in [3.63, 3.8) is 0 Å². The number of aryl methyl sites for hydroxylation is 1. The zero-order valence-electron chi connectivity index (χ0n) is 18.5. The Hall–Kier alpha value is -3.68. The average Bonchev–Trinajstić information content (AvgIpc) is 3.18. The van der Waals surface area contributed by atoms with Gasteiger partial charge in [-0.15, -0.1) is 0 Å². The summed E-state index contributed by atoms with van der Waals surface area (Å²) in [5, 5.41) is 4.32. The van der Waals surface area contributed by atoms with E-state index in [-0.39, 0.29) is 17.5 Å². The predicted octanol–water partition coefficient (Wildman–Crippen LogP) is 3.90. The molecule has 7 nitrogen and oxygen atoms in total. The molecule has 1 aliphatic heterocycles. The smallest absolute Gasteiger partial charge is 0.289 e. The molecule has 4 rings (SSSR count). The van der Waals surface area contributed by atoms with E-state index < -0.39 is 5.60 Å². The molecule has 1 aromatic heterocycles. The second-order valence-electron chi connectivity index (χ2n) is 8.33. The number of hydrogen-bond acceptors (Lipinski definition) is 5. The Morgan fingerprint density at radius 3 is 2.62 bits per heavy atom. The zero-order valence-corrected chi connectivity index (χ0v) is 18.5. The Kier molecular flexibility index (Phi) is 5.69. The van der Waals surface area contributed by atoms with Crippen molar-refractivity contribution in [3.8, 4) is 11.4 Å². The Bertz CT molecular complexity index is 1170. The first kappa shape index (κ1) is 21.5. The number of nitrogens with zero attached hydrogens (tertiary/aromatic N) is 4. The van der Waals surface area contributed by atoms with Crippen LogP contribution in [0.3, 0.4) is 0 Å². The largest absolute Gasteiger partial charge is 0.494 e. The Labute approximate surface area is 186 Å². The number of ether oxygens (including phenoxy) is 2. The lowest BCUT2D eigenvalue weighted by atomic mass is 10.0. The van der Waals surface area contributed by atoms with Crippen LogP contribution in [0, 0.1) is 12.7 Å². The number of carbonyl (C=O) groups is 1. The third kappa shape index (κ3) is 4.64. The first-order chi connectivity index (χ1) is 15.2. The average molecular weight is 436 g/mol. The molecule has 0 atom stereocenters.